The molecule has 0 aromatic heterocycles. The highest BCUT2D eigenvalue weighted by molar-refractivity contribution is 5.80. The van der Waals surface area contributed by atoms with Crippen molar-refractivity contribution in [3.8, 4) is 0 Å². The summed E-state index contributed by atoms with van der Waals surface area (Å²) in [6.07, 6.45) is 2.49. The summed E-state index contributed by atoms with van der Waals surface area (Å²) in [7, 11) is 0. The lowest BCUT2D eigenvalue weighted by Crippen LogP contribution is -2.10. The Morgan fingerprint density at radius 2 is 2.29 bits per heavy atom. The summed E-state index contributed by atoms with van der Waals surface area (Å²) in [5.41, 5.74) is 2.43. The van der Waals surface area contributed by atoms with E-state index in [4.69, 9.17) is 0 Å². The maximum atomic E-state index is 11.2. The van der Waals surface area contributed by atoms with Crippen LogP contribution in [0.5, 0.6) is 0 Å². The van der Waals surface area contributed by atoms with Crippen LogP contribution in [-0.2, 0) is 11.2 Å². The standard InChI is InChI=1S/C13H16O/c1-4-13(11(3)14)9-12-7-5-6-10(2)8-12/h4-8,13H,1,9H2,2-3H3/t13-/m0/s1. The molecule has 0 saturated carbocycles. The van der Waals surface area contributed by atoms with Crippen molar-refractivity contribution in [2.24, 2.45) is 5.92 Å². The first-order chi connectivity index (χ1) is 6.63. The number of hydrogen-bond acceptors (Lipinski definition) is 1. The van der Waals surface area contributed by atoms with E-state index in [9.17, 15) is 4.79 Å². The molecule has 0 bridgehead atoms. The van der Waals surface area contributed by atoms with Crippen molar-refractivity contribution in [3.63, 3.8) is 0 Å². The van der Waals surface area contributed by atoms with Gasteiger partial charge in [0.05, 0.1) is 0 Å². The summed E-state index contributed by atoms with van der Waals surface area (Å²) in [5.74, 6) is 0.137. The fourth-order valence-electron chi connectivity index (χ4n) is 1.49. The molecule has 0 radical (unpaired) electrons. The molecular weight excluding hydrogens is 172 g/mol. The van der Waals surface area contributed by atoms with Crippen LogP contribution in [-0.4, -0.2) is 5.78 Å². The van der Waals surface area contributed by atoms with E-state index in [2.05, 4.69) is 25.6 Å². The largest absolute Gasteiger partial charge is 0.299 e. The van der Waals surface area contributed by atoms with Crippen LogP contribution < -0.4 is 0 Å². The number of benzene rings is 1. The Balaban J connectivity index is 2.76. The van der Waals surface area contributed by atoms with Gasteiger partial charge in [-0.05, 0) is 25.8 Å². The average Bonchev–Trinajstić information content (AvgIpc) is 2.14. The van der Waals surface area contributed by atoms with E-state index in [-0.39, 0.29) is 11.7 Å². The number of rotatable bonds is 4. The van der Waals surface area contributed by atoms with Gasteiger partial charge in [0.25, 0.3) is 0 Å². The molecule has 0 aliphatic rings. The lowest BCUT2D eigenvalue weighted by molar-refractivity contribution is -0.119. The van der Waals surface area contributed by atoms with Gasteiger partial charge in [0, 0.05) is 5.92 Å². The zero-order valence-corrected chi connectivity index (χ0v) is 8.79. The van der Waals surface area contributed by atoms with Crippen LogP contribution in [0.2, 0.25) is 0 Å². The van der Waals surface area contributed by atoms with Gasteiger partial charge in [-0.2, -0.15) is 0 Å². The highest BCUT2D eigenvalue weighted by atomic mass is 16.1. The molecule has 1 aromatic carbocycles. The van der Waals surface area contributed by atoms with Crippen LogP contribution in [0.1, 0.15) is 18.1 Å². The van der Waals surface area contributed by atoms with E-state index in [1.807, 2.05) is 12.1 Å². The van der Waals surface area contributed by atoms with Crippen molar-refractivity contribution in [1.82, 2.24) is 0 Å². The maximum Gasteiger partial charge on any atom is 0.136 e. The minimum absolute atomic E-state index is 0.0446. The molecule has 0 amide bonds. The monoisotopic (exact) mass is 188 g/mol. The Morgan fingerprint density at radius 1 is 1.57 bits per heavy atom. The van der Waals surface area contributed by atoms with E-state index in [1.54, 1.807) is 13.0 Å². The van der Waals surface area contributed by atoms with Crippen molar-refractivity contribution in [2.75, 3.05) is 0 Å². The third kappa shape index (κ3) is 2.84. The highest BCUT2D eigenvalue weighted by Crippen LogP contribution is 2.12. The van der Waals surface area contributed by atoms with Crippen molar-refractivity contribution >= 4 is 5.78 Å². The number of ketones is 1. The molecule has 1 heteroatoms. The number of hydrogen-bond donors (Lipinski definition) is 0. The zero-order chi connectivity index (χ0) is 10.6. The Bertz CT molecular complexity index is 339. The van der Waals surface area contributed by atoms with Crippen LogP contribution >= 0.6 is 0 Å². The maximum absolute atomic E-state index is 11.2. The third-order valence-corrected chi connectivity index (χ3v) is 2.34. The molecule has 0 saturated heterocycles. The normalized spacial score (nSPS) is 12.1. The van der Waals surface area contributed by atoms with E-state index in [0.29, 0.717) is 0 Å². The summed E-state index contributed by atoms with van der Waals surface area (Å²) in [5, 5.41) is 0. The Hall–Kier alpha value is -1.37. The molecule has 74 valence electrons. The SMILES string of the molecule is C=C[C@@H](Cc1cccc(C)c1)C(C)=O. The second-order valence-electron chi connectivity index (χ2n) is 3.65. The van der Waals surface area contributed by atoms with Crippen molar-refractivity contribution in [2.45, 2.75) is 20.3 Å². The van der Waals surface area contributed by atoms with Crippen LogP contribution in [0.4, 0.5) is 0 Å². The molecule has 0 fully saturated rings. The predicted molar refractivity (Wildman–Crippen MR) is 59.3 cm³/mol. The molecular formula is C13H16O. The van der Waals surface area contributed by atoms with Gasteiger partial charge in [0.15, 0.2) is 0 Å². The van der Waals surface area contributed by atoms with Gasteiger partial charge >= 0.3 is 0 Å². The first kappa shape index (κ1) is 10.7. The molecule has 1 nitrogen and oxygen atoms in total. The minimum atomic E-state index is -0.0446. The van der Waals surface area contributed by atoms with E-state index in [0.717, 1.165) is 6.42 Å². The van der Waals surface area contributed by atoms with Gasteiger partial charge in [0.2, 0.25) is 0 Å². The summed E-state index contributed by atoms with van der Waals surface area (Å²) < 4.78 is 0. The van der Waals surface area contributed by atoms with Gasteiger partial charge in [-0.15, -0.1) is 6.58 Å². The molecule has 14 heavy (non-hydrogen) atoms. The van der Waals surface area contributed by atoms with Crippen molar-refractivity contribution in [3.05, 3.63) is 48.0 Å². The lowest BCUT2D eigenvalue weighted by Gasteiger charge is -2.08. The van der Waals surface area contributed by atoms with Gasteiger partial charge in [0.1, 0.15) is 5.78 Å². The molecule has 0 aliphatic carbocycles. The van der Waals surface area contributed by atoms with E-state index in [1.165, 1.54) is 11.1 Å². The number of allylic oxidation sites excluding steroid dienone is 1. The summed E-state index contributed by atoms with van der Waals surface area (Å²) in [4.78, 5) is 11.2. The minimum Gasteiger partial charge on any atom is -0.299 e. The molecule has 1 aromatic rings. The fourth-order valence-corrected chi connectivity index (χ4v) is 1.49. The van der Waals surface area contributed by atoms with E-state index < -0.39 is 0 Å². The topological polar surface area (TPSA) is 17.1 Å². The first-order valence-corrected chi connectivity index (χ1v) is 4.82. The lowest BCUT2D eigenvalue weighted by atomic mass is 9.95. The Morgan fingerprint density at radius 3 is 2.79 bits per heavy atom. The number of carbonyl (C=O) groups is 1. The summed E-state index contributed by atoms with van der Waals surface area (Å²) in [6, 6.07) is 8.23. The van der Waals surface area contributed by atoms with Crippen molar-refractivity contribution in [1.29, 1.82) is 0 Å². The van der Waals surface area contributed by atoms with Crippen LogP contribution in [0.3, 0.4) is 0 Å². The molecule has 0 unspecified atom stereocenters. The van der Waals surface area contributed by atoms with Crippen LogP contribution in [0.15, 0.2) is 36.9 Å². The fraction of sp³-hybridized carbons (Fsp3) is 0.308. The molecule has 0 aliphatic heterocycles. The Labute approximate surface area is 85.5 Å². The summed E-state index contributed by atoms with van der Waals surface area (Å²) in [6.45, 7) is 7.35. The Kier molecular flexibility index (Phi) is 3.63. The smallest absolute Gasteiger partial charge is 0.136 e. The number of Topliss-reactive ketones (excluding diaryl/α,β-unsaturated/α-hetero) is 1. The average molecular weight is 188 g/mol. The summed E-state index contributed by atoms with van der Waals surface area (Å²) >= 11 is 0. The van der Waals surface area contributed by atoms with Gasteiger partial charge < -0.3 is 0 Å². The van der Waals surface area contributed by atoms with E-state index >= 15 is 0 Å². The predicted octanol–water partition coefficient (Wildman–Crippen LogP) is 2.93. The van der Waals surface area contributed by atoms with Crippen molar-refractivity contribution < 1.29 is 4.79 Å². The van der Waals surface area contributed by atoms with Crippen LogP contribution in [0.25, 0.3) is 0 Å². The first-order valence-electron chi connectivity index (χ1n) is 4.82. The molecule has 1 atom stereocenters. The van der Waals surface area contributed by atoms with Gasteiger partial charge in [-0.3, -0.25) is 4.79 Å². The number of carbonyl (C=O) groups excluding carboxylic acids is 1. The zero-order valence-electron chi connectivity index (χ0n) is 8.79. The second kappa shape index (κ2) is 4.75. The molecule has 0 spiro atoms. The highest BCUT2D eigenvalue weighted by Gasteiger charge is 2.10. The van der Waals surface area contributed by atoms with Gasteiger partial charge in [-0.1, -0.05) is 35.9 Å². The molecule has 0 heterocycles. The number of aryl methyl sites for hydroxylation is 1. The second-order valence-corrected chi connectivity index (χ2v) is 3.65. The van der Waals surface area contributed by atoms with Crippen LogP contribution in [0, 0.1) is 12.8 Å². The molecule has 0 N–H and O–H groups in total. The molecule has 1 rings (SSSR count). The third-order valence-electron chi connectivity index (χ3n) is 2.34. The van der Waals surface area contributed by atoms with Gasteiger partial charge in [-0.25, -0.2) is 0 Å². The quantitative estimate of drug-likeness (QED) is 0.664.